The molecular weight excluding hydrogens is 240 g/mol. The van der Waals surface area contributed by atoms with Gasteiger partial charge in [-0.3, -0.25) is 4.98 Å². The molecule has 1 saturated heterocycles. The standard InChI is InChI=1S/C15H18N2O2/c1-19-11-2-3-14-12(10-11)13(4-7-17-14)15(18)5-8-16-9-6-15/h2-4,7,10,16,18H,5-6,8-9H2,1H3. The number of hydrogen-bond donors (Lipinski definition) is 2. The number of pyridine rings is 1. The van der Waals surface area contributed by atoms with E-state index in [1.807, 2.05) is 24.3 Å². The zero-order valence-corrected chi connectivity index (χ0v) is 11.0. The fraction of sp³-hybridized carbons (Fsp3) is 0.400. The van der Waals surface area contributed by atoms with Crippen molar-refractivity contribution in [2.45, 2.75) is 18.4 Å². The number of nitrogens with zero attached hydrogens (tertiary/aromatic N) is 1. The molecule has 0 atom stereocenters. The highest BCUT2D eigenvalue weighted by molar-refractivity contribution is 5.84. The van der Waals surface area contributed by atoms with E-state index >= 15 is 0 Å². The molecule has 0 bridgehead atoms. The van der Waals surface area contributed by atoms with Crippen LogP contribution in [0.1, 0.15) is 18.4 Å². The van der Waals surface area contributed by atoms with Crippen molar-refractivity contribution < 1.29 is 9.84 Å². The Morgan fingerprint density at radius 2 is 2.05 bits per heavy atom. The minimum atomic E-state index is -0.765. The summed E-state index contributed by atoms with van der Waals surface area (Å²) < 4.78 is 5.28. The maximum Gasteiger partial charge on any atom is 0.119 e. The summed E-state index contributed by atoms with van der Waals surface area (Å²) >= 11 is 0. The predicted octanol–water partition coefficient (Wildman–Crippen LogP) is 1.81. The van der Waals surface area contributed by atoms with Gasteiger partial charge in [0, 0.05) is 11.6 Å². The summed E-state index contributed by atoms with van der Waals surface area (Å²) in [5.41, 5.74) is 1.09. The van der Waals surface area contributed by atoms with Gasteiger partial charge in [-0.1, -0.05) is 0 Å². The van der Waals surface area contributed by atoms with Crippen molar-refractivity contribution in [2.24, 2.45) is 0 Å². The van der Waals surface area contributed by atoms with Crippen LogP contribution in [0.25, 0.3) is 10.9 Å². The van der Waals surface area contributed by atoms with Gasteiger partial charge in [0.05, 0.1) is 18.2 Å². The second-order valence-electron chi connectivity index (χ2n) is 5.02. The molecule has 1 fully saturated rings. The SMILES string of the molecule is COc1ccc2nccc(C3(O)CCNCC3)c2c1. The van der Waals surface area contributed by atoms with Gasteiger partial charge in [0.15, 0.2) is 0 Å². The van der Waals surface area contributed by atoms with E-state index < -0.39 is 5.60 Å². The van der Waals surface area contributed by atoms with E-state index in [1.165, 1.54) is 0 Å². The van der Waals surface area contributed by atoms with E-state index in [9.17, 15) is 5.11 Å². The van der Waals surface area contributed by atoms with Crippen LogP contribution in [0.4, 0.5) is 0 Å². The Bertz CT molecular complexity index is 592. The smallest absolute Gasteiger partial charge is 0.119 e. The number of hydrogen-bond acceptors (Lipinski definition) is 4. The summed E-state index contributed by atoms with van der Waals surface area (Å²) in [7, 11) is 1.65. The lowest BCUT2D eigenvalue weighted by Crippen LogP contribution is -2.39. The number of methoxy groups -OCH3 is 1. The topological polar surface area (TPSA) is 54.4 Å². The Morgan fingerprint density at radius 1 is 1.26 bits per heavy atom. The van der Waals surface area contributed by atoms with Gasteiger partial charge >= 0.3 is 0 Å². The average molecular weight is 258 g/mol. The Morgan fingerprint density at radius 3 is 2.79 bits per heavy atom. The molecule has 3 rings (SSSR count). The molecule has 2 N–H and O–H groups in total. The first-order chi connectivity index (χ1) is 9.23. The number of aliphatic hydroxyl groups is 1. The van der Waals surface area contributed by atoms with E-state index in [-0.39, 0.29) is 0 Å². The Kier molecular flexibility index (Phi) is 3.12. The molecule has 100 valence electrons. The Hall–Kier alpha value is -1.65. The quantitative estimate of drug-likeness (QED) is 0.862. The lowest BCUT2D eigenvalue weighted by atomic mass is 9.83. The first-order valence-electron chi connectivity index (χ1n) is 6.59. The van der Waals surface area contributed by atoms with Crippen molar-refractivity contribution in [3.05, 3.63) is 36.0 Å². The zero-order chi connectivity index (χ0) is 13.3. The number of ether oxygens (including phenoxy) is 1. The van der Waals surface area contributed by atoms with Gasteiger partial charge in [-0.15, -0.1) is 0 Å². The Labute approximate surface area is 112 Å². The summed E-state index contributed by atoms with van der Waals surface area (Å²) in [6, 6.07) is 7.71. The third kappa shape index (κ3) is 2.17. The highest BCUT2D eigenvalue weighted by Gasteiger charge is 2.32. The molecular formula is C15H18N2O2. The molecule has 2 aromatic rings. The molecule has 2 heterocycles. The Balaban J connectivity index is 2.16. The molecule has 1 aromatic carbocycles. The van der Waals surface area contributed by atoms with E-state index in [1.54, 1.807) is 13.3 Å². The average Bonchev–Trinajstić information content (AvgIpc) is 2.46. The maximum absolute atomic E-state index is 10.9. The molecule has 4 nitrogen and oxygen atoms in total. The molecule has 0 aliphatic carbocycles. The molecule has 0 unspecified atom stereocenters. The number of rotatable bonds is 2. The van der Waals surface area contributed by atoms with Gasteiger partial charge in [-0.05, 0) is 55.8 Å². The summed E-state index contributed by atoms with van der Waals surface area (Å²) in [5, 5.41) is 15.2. The lowest BCUT2D eigenvalue weighted by Gasteiger charge is -2.33. The van der Waals surface area contributed by atoms with Crippen LogP contribution in [0, 0.1) is 0 Å². The monoisotopic (exact) mass is 258 g/mol. The molecule has 19 heavy (non-hydrogen) atoms. The van der Waals surface area contributed by atoms with Crippen molar-refractivity contribution >= 4 is 10.9 Å². The minimum Gasteiger partial charge on any atom is -0.497 e. The molecule has 4 heteroatoms. The van der Waals surface area contributed by atoms with Crippen molar-refractivity contribution in [2.75, 3.05) is 20.2 Å². The molecule has 0 radical (unpaired) electrons. The van der Waals surface area contributed by atoms with Crippen molar-refractivity contribution in [1.82, 2.24) is 10.3 Å². The van der Waals surface area contributed by atoms with Gasteiger partial charge in [-0.2, -0.15) is 0 Å². The van der Waals surface area contributed by atoms with Crippen LogP contribution in [0.5, 0.6) is 5.75 Å². The highest BCUT2D eigenvalue weighted by atomic mass is 16.5. The number of aromatic nitrogens is 1. The molecule has 0 saturated carbocycles. The van der Waals surface area contributed by atoms with Crippen molar-refractivity contribution in [1.29, 1.82) is 0 Å². The number of piperidine rings is 1. The van der Waals surface area contributed by atoms with Gasteiger partial charge in [0.25, 0.3) is 0 Å². The van der Waals surface area contributed by atoms with Gasteiger partial charge in [0.2, 0.25) is 0 Å². The first kappa shape index (κ1) is 12.4. The van der Waals surface area contributed by atoms with Crippen LogP contribution in [-0.4, -0.2) is 30.3 Å². The summed E-state index contributed by atoms with van der Waals surface area (Å²) in [6.45, 7) is 1.68. The largest absolute Gasteiger partial charge is 0.497 e. The normalized spacial score (nSPS) is 18.4. The van der Waals surface area contributed by atoms with Crippen LogP contribution in [-0.2, 0) is 5.60 Å². The van der Waals surface area contributed by atoms with Crippen LogP contribution < -0.4 is 10.1 Å². The van der Waals surface area contributed by atoms with Crippen LogP contribution in [0.3, 0.4) is 0 Å². The van der Waals surface area contributed by atoms with E-state index in [2.05, 4.69) is 10.3 Å². The van der Waals surface area contributed by atoms with Crippen molar-refractivity contribution in [3.8, 4) is 5.75 Å². The van der Waals surface area contributed by atoms with E-state index in [0.29, 0.717) is 0 Å². The van der Waals surface area contributed by atoms with Gasteiger partial charge in [0.1, 0.15) is 5.75 Å². The fourth-order valence-corrected chi connectivity index (χ4v) is 2.77. The van der Waals surface area contributed by atoms with Crippen LogP contribution >= 0.6 is 0 Å². The van der Waals surface area contributed by atoms with Crippen LogP contribution in [0.2, 0.25) is 0 Å². The third-order valence-corrected chi connectivity index (χ3v) is 3.88. The minimum absolute atomic E-state index is 0.726. The number of benzene rings is 1. The van der Waals surface area contributed by atoms with E-state index in [4.69, 9.17) is 4.74 Å². The van der Waals surface area contributed by atoms with E-state index in [0.717, 1.165) is 48.1 Å². The maximum atomic E-state index is 10.9. The third-order valence-electron chi connectivity index (χ3n) is 3.88. The lowest BCUT2D eigenvalue weighted by molar-refractivity contribution is 0.00729. The molecule has 0 amide bonds. The van der Waals surface area contributed by atoms with Gasteiger partial charge < -0.3 is 15.2 Å². The first-order valence-corrected chi connectivity index (χ1v) is 6.59. The van der Waals surface area contributed by atoms with Crippen LogP contribution in [0.15, 0.2) is 30.5 Å². The second kappa shape index (κ2) is 4.79. The molecule has 1 aliphatic rings. The second-order valence-corrected chi connectivity index (χ2v) is 5.02. The highest BCUT2D eigenvalue weighted by Crippen LogP contribution is 2.35. The summed E-state index contributed by atoms with van der Waals surface area (Å²) in [4.78, 5) is 4.36. The molecule has 1 aromatic heterocycles. The predicted molar refractivity (Wildman–Crippen MR) is 74.3 cm³/mol. The number of fused-ring (bicyclic) bond motifs is 1. The zero-order valence-electron chi connectivity index (χ0n) is 11.0. The van der Waals surface area contributed by atoms with Crippen molar-refractivity contribution in [3.63, 3.8) is 0 Å². The summed E-state index contributed by atoms with van der Waals surface area (Å²) in [6.07, 6.45) is 3.22. The fourth-order valence-electron chi connectivity index (χ4n) is 2.77. The van der Waals surface area contributed by atoms with Gasteiger partial charge in [-0.25, -0.2) is 0 Å². The molecule has 0 spiro atoms. The summed E-state index contributed by atoms with van der Waals surface area (Å²) in [5.74, 6) is 0.791. The number of nitrogens with one attached hydrogen (secondary N) is 1. The molecule has 1 aliphatic heterocycles.